The van der Waals surface area contributed by atoms with Gasteiger partial charge in [-0.3, -0.25) is 0 Å². The fourth-order valence-corrected chi connectivity index (χ4v) is 3.81. The SMILES string of the molecule is CNCC[C@H](Oc1cccc2c1CCCC2)c1cccs1. The Bertz CT molecular complexity index is 565. The zero-order valence-electron chi connectivity index (χ0n) is 12.6. The lowest BCUT2D eigenvalue weighted by Crippen LogP contribution is -2.16. The minimum absolute atomic E-state index is 0.158. The first-order valence-corrected chi connectivity index (χ1v) is 8.72. The average Bonchev–Trinajstić information content (AvgIpc) is 3.06. The highest BCUT2D eigenvalue weighted by molar-refractivity contribution is 7.10. The lowest BCUT2D eigenvalue weighted by molar-refractivity contribution is 0.196. The second-order valence-electron chi connectivity index (χ2n) is 5.62. The number of thiophene rings is 1. The molecule has 0 saturated heterocycles. The van der Waals surface area contributed by atoms with Crippen molar-refractivity contribution in [2.45, 2.75) is 38.2 Å². The van der Waals surface area contributed by atoms with Crippen molar-refractivity contribution in [3.05, 3.63) is 51.7 Å². The molecule has 0 saturated carbocycles. The number of hydrogen-bond donors (Lipinski definition) is 1. The summed E-state index contributed by atoms with van der Waals surface area (Å²) >= 11 is 1.79. The van der Waals surface area contributed by atoms with E-state index in [1.54, 1.807) is 11.3 Å². The minimum atomic E-state index is 0.158. The van der Waals surface area contributed by atoms with Gasteiger partial charge < -0.3 is 10.1 Å². The molecular formula is C18H23NOS. The van der Waals surface area contributed by atoms with Gasteiger partial charge in [-0.25, -0.2) is 0 Å². The maximum absolute atomic E-state index is 6.43. The highest BCUT2D eigenvalue weighted by atomic mass is 32.1. The van der Waals surface area contributed by atoms with Crippen LogP contribution in [0.15, 0.2) is 35.7 Å². The van der Waals surface area contributed by atoms with Gasteiger partial charge in [0.25, 0.3) is 0 Å². The van der Waals surface area contributed by atoms with E-state index >= 15 is 0 Å². The third kappa shape index (κ3) is 3.47. The van der Waals surface area contributed by atoms with E-state index in [1.807, 2.05) is 7.05 Å². The Morgan fingerprint density at radius 3 is 2.90 bits per heavy atom. The molecule has 0 bridgehead atoms. The second-order valence-corrected chi connectivity index (χ2v) is 6.59. The van der Waals surface area contributed by atoms with Crippen LogP contribution in [0.4, 0.5) is 0 Å². The third-order valence-corrected chi connectivity index (χ3v) is 5.10. The quantitative estimate of drug-likeness (QED) is 0.856. The molecule has 0 amide bonds. The molecule has 112 valence electrons. The summed E-state index contributed by atoms with van der Waals surface area (Å²) in [4.78, 5) is 1.32. The number of benzene rings is 1. The van der Waals surface area contributed by atoms with Crippen LogP contribution >= 0.6 is 11.3 Å². The van der Waals surface area contributed by atoms with Crippen molar-refractivity contribution in [3.8, 4) is 5.75 Å². The molecule has 0 radical (unpaired) electrons. The fraction of sp³-hybridized carbons (Fsp3) is 0.444. The van der Waals surface area contributed by atoms with Crippen LogP contribution in [0.2, 0.25) is 0 Å². The van der Waals surface area contributed by atoms with Gasteiger partial charge in [0, 0.05) is 11.3 Å². The van der Waals surface area contributed by atoms with Crippen LogP contribution in [0, 0.1) is 0 Å². The topological polar surface area (TPSA) is 21.3 Å². The Labute approximate surface area is 131 Å². The lowest BCUT2D eigenvalue weighted by Gasteiger charge is -2.23. The molecule has 1 aliphatic carbocycles. The molecule has 2 aromatic rings. The average molecular weight is 301 g/mol. The highest BCUT2D eigenvalue weighted by Crippen LogP contribution is 2.34. The summed E-state index contributed by atoms with van der Waals surface area (Å²) in [5.74, 6) is 1.10. The van der Waals surface area contributed by atoms with E-state index in [9.17, 15) is 0 Å². The number of hydrogen-bond acceptors (Lipinski definition) is 3. The smallest absolute Gasteiger partial charge is 0.134 e. The van der Waals surface area contributed by atoms with Crippen LogP contribution in [0.3, 0.4) is 0 Å². The Balaban J connectivity index is 1.82. The van der Waals surface area contributed by atoms with E-state index in [0.717, 1.165) is 25.1 Å². The molecule has 1 aromatic carbocycles. The van der Waals surface area contributed by atoms with Gasteiger partial charge in [0.05, 0.1) is 0 Å². The minimum Gasteiger partial charge on any atom is -0.485 e. The third-order valence-electron chi connectivity index (χ3n) is 4.14. The van der Waals surface area contributed by atoms with Crippen LogP contribution in [0.5, 0.6) is 5.75 Å². The summed E-state index contributed by atoms with van der Waals surface area (Å²) in [5, 5.41) is 5.36. The zero-order chi connectivity index (χ0) is 14.5. The Kier molecular flexibility index (Phi) is 4.94. The normalized spacial score (nSPS) is 15.5. The number of rotatable bonds is 6. The number of ether oxygens (including phenoxy) is 1. The Morgan fingerprint density at radius 1 is 1.19 bits per heavy atom. The fourth-order valence-electron chi connectivity index (χ4n) is 3.02. The van der Waals surface area contributed by atoms with Crippen LogP contribution in [0.1, 0.15) is 41.4 Å². The summed E-state index contributed by atoms with van der Waals surface area (Å²) in [7, 11) is 2.00. The first-order chi connectivity index (χ1) is 10.4. The Hall–Kier alpha value is -1.32. The molecule has 0 unspecified atom stereocenters. The number of nitrogens with one attached hydrogen (secondary N) is 1. The molecule has 3 heteroatoms. The molecule has 1 heterocycles. The lowest BCUT2D eigenvalue weighted by atomic mass is 9.91. The standard InChI is InChI=1S/C18H23NOS/c1-19-12-11-17(18-10-5-13-21-18)20-16-9-4-7-14-6-2-3-8-15(14)16/h4-5,7,9-10,13,17,19H,2-3,6,8,11-12H2,1H3/t17-/m0/s1. The summed E-state index contributed by atoms with van der Waals surface area (Å²) in [6, 6.07) is 10.8. The van der Waals surface area contributed by atoms with Gasteiger partial charge in [0.15, 0.2) is 0 Å². The van der Waals surface area contributed by atoms with Gasteiger partial charge in [-0.15, -0.1) is 11.3 Å². The monoisotopic (exact) mass is 301 g/mol. The first kappa shape index (κ1) is 14.6. The predicted octanol–water partition coefficient (Wildman–Crippen LogP) is 4.36. The maximum Gasteiger partial charge on any atom is 0.134 e. The molecule has 2 nitrogen and oxygen atoms in total. The summed E-state index contributed by atoms with van der Waals surface area (Å²) in [6.45, 7) is 0.970. The van der Waals surface area contributed by atoms with Crippen LogP contribution in [-0.2, 0) is 12.8 Å². The van der Waals surface area contributed by atoms with E-state index in [1.165, 1.54) is 35.3 Å². The van der Waals surface area contributed by atoms with E-state index < -0.39 is 0 Å². The summed E-state index contributed by atoms with van der Waals surface area (Å²) in [5.41, 5.74) is 2.92. The Morgan fingerprint density at radius 2 is 2.10 bits per heavy atom. The van der Waals surface area contributed by atoms with Gasteiger partial charge in [-0.05, 0) is 67.9 Å². The highest BCUT2D eigenvalue weighted by Gasteiger charge is 2.19. The molecule has 1 N–H and O–H groups in total. The number of fused-ring (bicyclic) bond motifs is 1. The van der Waals surface area contributed by atoms with Gasteiger partial charge in [-0.2, -0.15) is 0 Å². The molecule has 3 rings (SSSR count). The first-order valence-electron chi connectivity index (χ1n) is 7.84. The second kappa shape index (κ2) is 7.10. The molecule has 0 aliphatic heterocycles. The van der Waals surface area contributed by atoms with Crippen molar-refractivity contribution in [2.24, 2.45) is 0 Å². The molecule has 0 fully saturated rings. The van der Waals surface area contributed by atoms with E-state index in [-0.39, 0.29) is 6.10 Å². The van der Waals surface area contributed by atoms with Crippen molar-refractivity contribution >= 4 is 11.3 Å². The zero-order valence-corrected chi connectivity index (χ0v) is 13.4. The van der Waals surface area contributed by atoms with Crippen molar-refractivity contribution in [2.75, 3.05) is 13.6 Å². The van der Waals surface area contributed by atoms with Crippen molar-refractivity contribution in [1.29, 1.82) is 0 Å². The summed E-state index contributed by atoms with van der Waals surface area (Å²) in [6.07, 6.45) is 6.12. The maximum atomic E-state index is 6.43. The van der Waals surface area contributed by atoms with E-state index in [2.05, 4.69) is 41.0 Å². The molecule has 1 atom stereocenters. The van der Waals surface area contributed by atoms with Gasteiger partial charge in [-0.1, -0.05) is 18.2 Å². The van der Waals surface area contributed by atoms with E-state index in [0.29, 0.717) is 0 Å². The van der Waals surface area contributed by atoms with Crippen LogP contribution < -0.4 is 10.1 Å². The van der Waals surface area contributed by atoms with Crippen LogP contribution in [0.25, 0.3) is 0 Å². The summed E-state index contributed by atoms with van der Waals surface area (Å²) < 4.78 is 6.43. The van der Waals surface area contributed by atoms with Crippen molar-refractivity contribution in [3.63, 3.8) is 0 Å². The van der Waals surface area contributed by atoms with Crippen molar-refractivity contribution < 1.29 is 4.74 Å². The van der Waals surface area contributed by atoms with Gasteiger partial charge in [0.1, 0.15) is 11.9 Å². The van der Waals surface area contributed by atoms with E-state index in [4.69, 9.17) is 4.74 Å². The molecule has 1 aliphatic rings. The predicted molar refractivity (Wildman–Crippen MR) is 89.3 cm³/mol. The molecule has 1 aromatic heterocycles. The van der Waals surface area contributed by atoms with Gasteiger partial charge >= 0.3 is 0 Å². The van der Waals surface area contributed by atoms with Gasteiger partial charge in [0.2, 0.25) is 0 Å². The van der Waals surface area contributed by atoms with Crippen molar-refractivity contribution in [1.82, 2.24) is 5.32 Å². The largest absolute Gasteiger partial charge is 0.485 e. The molecule has 0 spiro atoms. The molecule has 21 heavy (non-hydrogen) atoms. The van der Waals surface area contributed by atoms with Crippen LogP contribution in [-0.4, -0.2) is 13.6 Å². The number of aryl methyl sites for hydroxylation is 1. The molecular weight excluding hydrogens is 278 g/mol.